The van der Waals surface area contributed by atoms with Crippen LogP contribution in [0.2, 0.25) is 0 Å². The Morgan fingerprint density at radius 1 is 0.950 bits per heavy atom. The first-order chi connectivity index (χ1) is 9.45. The molecular weight excluding hydrogens is 254 g/mol. The van der Waals surface area contributed by atoms with Gasteiger partial charge in [-0.05, 0) is 34.6 Å². The molecule has 5 nitrogen and oxygen atoms in total. The Morgan fingerprint density at radius 2 is 1.50 bits per heavy atom. The van der Waals surface area contributed by atoms with Crippen LogP contribution in [-0.4, -0.2) is 100 Å². The average molecular weight is 289 g/mol. The van der Waals surface area contributed by atoms with E-state index in [4.69, 9.17) is 4.74 Å². The van der Waals surface area contributed by atoms with Crippen LogP contribution in [-0.2, 0) is 4.74 Å². The number of likely N-dealkylation sites (N-methyl/N-ethyl adjacent to an activating group) is 2. The number of hydrogen-bond acceptors (Lipinski definition) is 5. The van der Waals surface area contributed by atoms with E-state index in [0.717, 1.165) is 45.6 Å². The van der Waals surface area contributed by atoms with Crippen LogP contribution in [0.15, 0.2) is 0 Å². The Labute approximate surface area is 125 Å². The molecule has 0 aromatic heterocycles. The monoisotopic (exact) mass is 289 g/mol. The minimum atomic E-state index is -0.392. The molecule has 1 unspecified atom stereocenters. The van der Waals surface area contributed by atoms with Crippen molar-refractivity contribution in [2.75, 3.05) is 74.1 Å². The Kier molecular flexibility index (Phi) is 12.4. The summed E-state index contributed by atoms with van der Waals surface area (Å²) in [4.78, 5) is 6.66. The zero-order valence-electron chi connectivity index (χ0n) is 14.1. The van der Waals surface area contributed by atoms with Crippen LogP contribution in [0.25, 0.3) is 0 Å². The second-order valence-corrected chi connectivity index (χ2v) is 5.99. The van der Waals surface area contributed by atoms with Gasteiger partial charge in [0.05, 0.1) is 12.7 Å². The number of aliphatic hydroxyl groups excluding tert-OH is 1. The van der Waals surface area contributed by atoms with Crippen molar-refractivity contribution in [3.05, 3.63) is 0 Å². The van der Waals surface area contributed by atoms with E-state index in [9.17, 15) is 5.11 Å². The summed E-state index contributed by atoms with van der Waals surface area (Å²) < 4.78 is 5.49. The molecule has 0 aromatic carbocycles. The minimum Gasteiger partial charge on any atom is -0.389 e. The SMILES string of the molecule is CCCCOCC(O)CN(CCN(C)C)CCN(C)C. The summed E-state index contributed by atoms with van der Waals surface area (Å²) in [7, 11) is 8.31. The Hall–Kier alpha value is -0.200. The molecule has 0 aliphatic heterocycles. The molecule has 122 valence electrons. The largest absolute Gasteiger partial charge is 0.389 e. The molecule has 1 N–H and O–H groups in total. The van der Waals surface area contributed by atoms with Crippen molar-refractivity contribution in [1.82, 2.24) is 14.7 Å². The molecule has 0 rings (SSSR count). The third kappa shape index (κ3) is 12.8. The molecule has 5 heteroatoms. The molecule has 0 saturated carbocycles. The smallest absolute Gasteiger partial charge is 0.0900 e. The van der Waals surface area contributed by atoms with E-state index in [1.165, 1.54) is 0 Å². The molecule has 0 fully saturated rings. The topological polar surface area (TPSA) is 39.2 Å². The van der Waals surface area contributed by atoms with Crippen LogP contribution in [0, 0.1) is 0 Å². The van der Waals surface area contributed by atoms with E-state index in [-0.39, 0.29) is 0 Å². The maximum atomic E-state index is 10.1. The van der Waals surface area contributed by atoms with Crippen molar-refractivity contribution in [2.24, 2.45) is 0 Å². The first-order valence-electron chi connectivity index (χ1n) is 7.73. The van der Waals surface area contributed by atoms with Crippen LogP contribution in [0.4, 0.5) is 0 Å². The molecular formula is C15H35N3O2. The molecule has 0 aliphatic carbocycles. The fourth-order valence-electron chi connectivity index (χ4n) is 1.79. The summed E-state index contributed by atoms with van der Waals surface area (Å²) in [5, 5.41) is 10.1. The van der Waals surface area contributed by atoms with E-state index in [2.05, 4.69) is 49.8 Å². The first kappa shape index (κ1) is 19.8. The van der Waals surface area contributed by atoms with Gasteiger partial charge in [0, 0.05) is 39.3 Å². The lowest BCUT2D eigenvalue weighted by molar-refractivity contribution is 0.0141. The van der Waals surface area contributed by atoms with Crippen molar-refractivity contribution < 1.29 is 9.84 Å². The molecule has 0 aliphatic rings. The van der Waals surface area contributed by atoms with Crippen molar-refractivity contribution in [1.29, 1.82) is 0 Å². The minimum absolute atomic E-state index is 0.392. The van der Waals surface area contributed by atoms with Crippen molar-refractivity contribution in [2.45, 2.75) is 25.9 Å². The second kappa shape index (κ2) is 12.5. The lowest BCUT2D eigenvalue weighted by atomic mass is 10.3. The highest BCUT2D eigenvalue weighted by Crippen LogP contribution is 1.97. The van der Waals surface area contributed by atoms with Gasteiger partial charge in [0.25, 0.3) is 0 Å². The normalized spacial score (nSPS) is 13.7. The molecule has 0 saturated heterocycles. The fourth-order valence-corrected chi connectivity index (χ4v) is 1.79. The third-order valence-electron chi connectivity index (χ3n) is 3.15. The first-order valence-corrected chi connectivity index (χ1v) is 7.73. The van der Waals surface area contributed by atoms with Crippen LogP contribution >= 0.6 is 0 Å². The van der Waals surface area contributed by atoms with Gasteiger partial charge < -0.3 is 19.6 Å². The summed E-state index contributed by atoms with van der Waals surface area (Å²) in [5.74, 6) is 0. The number of aliphatic hydroxyl groups is 1. The second-order valence-electron chi connectivity index (χ2n) is 5.99. The molecule has 0 radical (unpaired) electrons. The third-order valence-corrected chi connectivity index (χ3v) is 3.15. The van der Waals surface area contributed by atoms with Gasteiger partial charge in [0.1, 0.15) is 0 Å². The molecule has 20 heavy (non-hydrogen) atoms. The van der Waals surface area contributed by atoms with E-state index in [1.54, 1.807) is 0 Å². The Morgan fingerprint density at radius 3 is 1.95 bits per heavy atom. The van der Waals surface area contributed by atoms with Gasteiger partial charge in [-0.15, -0.1) is 0 Å². The predicted molar refractivity (Wildman–Crippen MR) is 85.3 cm³/mol. The molecule has 0 heterocycles. The van der Waals surface area contributed by atoms with Gasteiger partial charge in [0.15, 0.2) is 0 Å². The molecule has 0 bridgehead atoms. The standard InChI is InChI=1S/C15H35N3O2/c1-6-7-12-20-14-15(19)13-18(10-8-16(2)3)11-9-17(4)5/h15,19H,6-14H2,1-5H3. The Bertz CT molecular complexity index is 201. The summed E-state index contributed by atoms with van der Waals surface area (Å²) in [6.45, 7) is 8.01. The predicted octanol–water partition coefficient (Wildman–Crippen LogP) is 0.589. The summed E-state index contributed by atoms with van der Waals surface area (Å²) in [5.41, 5.74) is 0. The highest BCUT2D eigenvalue weighted by molar-refractivity contribution is 4.67. The maximum Gasteiger partial charge on any atom is 0.0900 e. The highest BCUT2D eigenvalue weighted by atomic mass is 16.5. The molecule has 1 atom stereocenters. The average Bonchev–Trinajstić information content (AvgIpc) is 2.37. The zero-order chi connectivity index (χ0) is 15.4. The quantitative estimate of drug-likeness (QED) is 0.503. The van der Waals surface area contributed by atoms with E-state index < -0.39 is 6.10 Å². The Balaban J connectivity index is 3.97. The van der Waals surface area contributed by atoms with E-state index in [0.29, 0.717) is 13.2 Å². The van der Waals surface area contributed by atoms with Crippen molar-refractivity contribution in [3.63, 3.8) is 0 Å². The van der Waals surface area contributed by atoms with Crippen LogP contribution in [0.3, 0.4) is 0 Å². The van der Waals surface area contributed by atoms with Gasteiger partial charge in [-0.25, -0.2) is 0 Å². The number of nitrogens with zero attached hydrogens (tertiary/aromatic N) is 3. The maximum absolute atomic E-state index is 10.1. The lowest BCUT2D eigenvalue weighted by Gasteiger charge is -2.27. The van der Waals surface area contributed by atoms with E-state index >= 15 is 0 Å². The lowest BCUT2D eigenvalue weighted by Crippen LogP contribution is -2.42. The summed E-state index contributed by atoms with van der Waals surface area (Å²) in [6, 6.07) is 0. The van der Waals surface area contributed by atoms with Gasteiger partial charge in [-0.1, -0.05) is 13.3 Å². The van der Waals surface area contributed by atoms with E-state index in [1.807, 2.05) is 0 Å². The number of rotatable bonds is 13. The van der Waals surface area contributed by atoms with Gasteiger partial charge >= 0.3 is 0 Å². The molecule has 0 spiro atoms. The highest BCUT2D eigenvalue weighted by Gasteiger charge is 2.12. The van der Waals surface area contributed by atoms with Crippen LogP contribution < -0.4 is 0 Å². The summed E-state index contributed by atoms with van der Waals surface area (Å²) in [6.07, 6.45) is 1.81. The van der Waals surface area contributed by atoms with Crippen LogP contribution in [0.1, 0.15) is 19.8 Å². The van der Waals surface area contributed by atoms with Crippen molar-refractivity contribution >= 4 is 0 Å². The van der Waals surface area contributed by atoms with Gasteiger partial charge in [-0.2, -0.15) is 0 Å². The van der Waals surface area contributed by atoms with Gasteiger partial charge in [-0.3, -0.25) is 4.90 Å². The summed E-state index contributed by atoms with van der Waals surface area (Å²) >= 11 is 0. The molecule has 0 amide bonds. The van der Waals surface area contributed by atoms with Crippen LogP contribution in [0.5, 0.6) is 0 Å². The van der Waals surface area contributed by atoms with Gasteiger partial charge in [0.2, 0.25) is 0 Å². The number of unbranched alkanes of at least 4 members (excludes halogenated alkanes) is 1. The molecule has 0 aromatic rings. The fraction of sp³-hybridized carbons (Fsp3) is 1.00. The van der Waals surface area contributed by atoms with Crippen molar-refractivity contribution in [3.8, 4) is 0 Å². The number of hydrogen-bond donors (Lipinski definition) is 1. The zero-order valence-corrected chi connectivity index (χ0v) is 14.1. The number of ether oxygens (including phenoxy) is 1.